The SMILES string of the molecule is CCc1nc2c3cc(C(=O)NCc4ccc(Cl)cc4)c(=O)n(CC(=O)N4CC(C)(F)C4)c3ncc2n1C. The summed E-state index contributed by atoms with van der Waals surface area (Å²) in [6.07, 6.45) is 2.28. The zero-order valence-electron chi connectivity index (χ0n) is 20.7. The molecule has 0 unspecified atom stereocenters. The number of nitrogens with zero attached hydrogens (tertiary/aromatic N) is 5. The first-order valence-electron chi connectivity index (χ1n) is 11.9. The van der Waals surface area contributed by atoms with E-state index >= 15 is 0 Å². The van der Waals surface area contributed by atoms with Gasteiger partial charge >= 0.3 is 0 Å². The molecule has 2 amide bonds. The van der Waals surface area contributed by atoms with Crippen molar-refractivity contribution in [3.63, 3.8) is 0 Å². The monoisotopic (exact) mass is 524 g/mol. The molecule has 1 saturated heterocycles. The number of aromatic nitrogens is 4. The Kier molecular flexibility index (Phi) is 6.23. The minimum Gasteiger partial charge on any atom is -0.348 e. The molecule has 1 aromatic carbocycles. The van der Waals surface area contributed by atoms with Crippen molar-refractivity contribution >= 4 is 45.5 Å². The van der Waals surface area contributed by atoms with E-state index in [1.165, 1.54) is 22.5 Å². The third-order valence-corrected chi connectivity index (χ3v) is 6.92. The van der Waals surface area contributed by atoms with Gasteiger partial charge in [0.05, 0.1) is 24.8 Å². The number of fused-ring (bicyclic) bond motifs is 3. The van der Waals surface area contributed by atoms with E-state index in [1.807, 2.05) is 18.5 Å². The number of rotatable bonds is 6. The number of alkyl halides is 1. The van der Waals surface area contributed by atoms with E-state index in [9.17, 15) is 18.8 Å². The van der Waals surface area contributed by atoms with Gasteiger partial charge in [0.25, 0.3) is 11.5 Å². The average molecular weight is 525 g/mol. The van der Waals surface area contributed by atoms with Gasteiger partial charge in [-0.3, -0.25) is 19.0 Å². The summed E-state index contributed by atoms with van der Waals surface area (Å²) < 4.78 is 17.1. The van der Waals surface area contributed by atoms with Crippen LogP contribution < -0.4 is 10.9 Å². The summed E-state index contributed by atoms with van der Waals surface area (Å²) >= 11 is 5.93. The van der Waals surface area contributed by atoms with E-state index < -0.39 is 23.0 Å². The van der Waals surface area contributed by atoms with Crippen molar-refractivity contribution in [2.24, 2.45) is 7.05 Å². The number of benzene rings is 1. The molecule has 1 aliphatic heterocycles. The Hall–Kier alpha value is -3.79. The molecule has 0 aliphatic carbocycles. The van der Waals surface area contributed by atoms with Gasteiger partial charge in [0, 0.05) is 30.4 Å². The summed E-state index contributed by atoms with van der Waals surface area (Å²) in [5, 5.41) is 3.82. The minimum absolute atomic E-state index is 0.0441. The fraction of sp³-hybridized carbons (Fsp3) is 0.346. The van der Waals surface area contributed by atoms with Crippen molar-refractivity contribution in [3.05, 3.63) is 68.9 Å². The first-order chi connectivity index (χ1) is 17.6. The first kappa shape index (κ1) is 24.9. The second-order valence-corrected chi connectivity index (χ2v) is 10.0. The summed E-state index contributed by atoms with van der Waals surface area (Å²) in [6, 6.07) is 8.47. The third kappa shape index (κ3) is 4.57. The Morgan fingerprint density at radius 2 is 1.92 bits per heavy atom. The number of hydrogen-bond acceptors (Lipinski definition) is 5. The standard InChI is InChI=1S/C26H26ClFN6O3/c1-4-20-31-22-17-9-18(24(36)30-10-15-5-7-16(27)8-6-15)25(37)34(23(17)29-11-19(22)32(20)3)12-21(35)33-13-26(2,28)14-33/h5-9,11H,4,10,12-14H2,1-3H3,(H,30,36). The molecule has 1 aliphatic rings. The lowest BCUT2D eigenvalue weighted by Crippen LogP contribution is -2.60. The molecule has 4 heterocycles. The topological polar surface area (TPSA) is 102 Å². The summed E-state index contributed by atoms with van der Waals surface area (Å²) in [5.74, 6) is -0.198. The second-order valence-electron chi connectivity index (χ2n) is 9.59. The molecule has 5 rings (SSSR count). The van der Waals surface area contributed by atoms with Crippen molar-refractivity contribution in [2.75, 3.05) is 13.1 Å². The van der Waals surface area contributed by atoms with Crippen LogP contribution in [-0.4, -0.2) is 54.6 Å². The van der Waals surface area contributed by atoms with E-state index in [0.29, 0.717) is 22.3 Å². The molecule has 9 nitrogen and oxygen atoms in total. The van der Waals surface area contributed by atoms with Gasteiger partial charge in [-0.25, -0.2) is 14.4 Å². The predicted molar refractivity (Wildman–Crippen MR) is 138 cm³/mol. The van der Waals surface area contributed by atoms with Crippen LogP contribution in [0, 0.1) is 0 Å². The van der Waals surface area contributed by atoms with Gasteiger partial charge in [-0.05, 0) is 30.7 Å². The molecule has 192 valence electrons. The number of likely N-dealkylation sites (tertiary alicyclic amines) is 1. The number of aryl methyl sites for hydroxylation is 2. The Balaban J connectivity index is 1.58. The van der Waals surface area contributed by atoms with Gasteiger partial charge in [0.2, 0.25) is 5.91 Å². The summed E-state index contributed by atoms with van der Waals surface area (Å²) in [4.78, 5) is 50.2. The van der Waals surface area contributed by atoms with Crippen LogP contribution in [0.5, 0.6) is 0 Å². The van der Waals surface area contributed by atoms with Gasteiger partial charge < -0.3 is 14.8 Å². The van der Waals surface area contributed by atoms with Crippen LogP contribution in [0.3, 0.4) is 0 Å². The molecule has 37 heavy (non-hydrogen) atoms. The number of hydrogen-bond donors (Lipinski definition) is 1. The Bertz CT molecular complexity index is 1600. The molecule has 0 saturated carbocycles. The first-order valence-corrected chi connectivity index (χ1v) is 12.3. The van der Waals surface area contributed by atoms with Gasteiger partial charge in [-0.15, -0.1) is 0 Å². The van der Waals surface area contributed by atoms with E-state index in [2.05, 4.69) is 10.3 Å². The summed E-state index contributed by atoms with van der Waals surface area (Å²) in [7, 11) is 1.87. The molecule has 0 radical (unpaired) electrons. The van der Waals surface area contributed by atoms with Gasteiger partial charge in [-0.2, -0.15) is 0 Å². The number of carbonyl (C=O) groups excluding carboxylic acids is 2. The van der Waals surface area contributed by atoms with Crippen LogP contribution in [0.1, 0.15) is 35.6 Å². The fourth-order valence-electron chi connectivity index (χ4n) is 4.67. The quantitative estimate of drug-likeness (QED) is 0.418. The van der Waals surface area contributed by atoms with Crippen LogP contribution in [-0.2, 0) is 31.4 Å². The van der Waals surface area contributed by atoms with Crippen LogP contribution in [0.4, 0.5) is 4.39 Å². The average Bonchev–Trinajstić information content (AvgIpc) is 3.19. The fourth-order valence-corrected chi connectivity index (χ4v) is 4.79. The number of halogens is 2. The maximum atomic E-state index is 14.0. The highest BCUT2D eigenvalue weighted by Gasteiger charge is 2.41. The number of carbonyl (C=O) groups is 2. The van der Waals surface area contributed by atoms with E-state index in [-0.39, 0.29) is 37.4 Å². The lowest BCUT2D eigenvalue weighted by molar-refractivity contribution is -0.144. The molecule has 4 aromatic rings. The molecule has 1 N–H and O–H groups in total. The minimum atomic E-state index is -1.44. The highest BCUT2D eigenvalue weighted by atomic mass is 35.5. The van der Waals surface area contributed by atoms with Crippen molar-refractivity contribution in [3.8, 4) is 0 Å². The molecule has 0 atom stereocenters. The maximum absolute atomic E-state index is 14.0. The zero-order valence-corrected chi connectivity index (χ0v) is 21.5. The number of amides is 2. The largest absolute Gasteiger partial charge is 0.348 e. The van der Waals surface area contributed by atoms with E-state index in [0.717, 1.165) is 16.9 Å². The van der Waals surface area contributed by atoms with Crippen LogP contribution >= 0.6 is 11.6 Å². The predicted octanol–water partition coefficient (Wildman–Crippen LogP) is 3.00. The van der Waals surface area contributed by atoms with Crippen molar-refractivity contribution in [1.29, 1.82) is 0 Å². The van der Waals surface area contributed by atoms with Crippen molar-refractivity contribution in [2.45, 2.75) is 39.0 Å². The molecule has 3 aromatic heterocycles. The van der Waals surface area contributed by atoms with Crippen LogP contribution in [0.2, 0.25) is 5.02 Å². The van der Waals surface area contributed by atoms with Gasteiger partial charge in [-0.1, -0.05) is 30.7 Å². The van der Waals surface area contributed by atoms with Crippen molar-refractivity contribution in [1.82, 2.24) is 29.3 Å². The molecule has 0 spiro atoms. The number of pyridine rings is 2. The van der Waals surface area contributed by atoms with Crippen LogP contribution in [0.25, 0.3) is 22.1 Å². The lowest BCUT2D eigenvalue weighted by Gasteiger charge is -2.42. The van der Waals surface area contributed by atoms with Gasteiger partial charge in [0.1, 0.15) is 34.8 Å². The van der Waals surface area contributed by atoms with E-state index in [1.54, 1.807) is 30.5 Å². The third-order valence-electron chi connectivity index (χ3n) is 6.67. The van der Waals surface area contributed by atoms with Crippen molar-refractivity contribution < 1.29 is 14.0 Å². The Morgan fingerprint density at radius 3 is 2.57 bits per heavy atom. The summed E-state index contributed by atoms with van der Waals surface area (Å²) in [5.41, 5.74) is 0.137. The molecule has 1 fully saturated rings. The smallest absolute Gasteiger partial charge is 0.265 e. The lowest BCUT2D eigenvalue weighted by atomic mass is 9.99. The Labute approximate surface area is 216 Å². The number of nitrogens with one attached hydrogen (secondary N) is 1. The highest BCUT2D eigenvalue weighted by Crippen LogP contribution is 2.26. The second kappa shape index (κ2) is 9.26. The zero-order chi connectivity index (χ0) is 26.5. The molecular formula is C26H26ClFN6O3. The highest BCUT2D eigenvalue weighted by molar-refractivity contribution is 6.30. The van der Waals surface area contributed by atoms with E-state index in [4.69, 9.17) is 16.6 Å². The maximum Gasteiger partial charge on any atom is 0.265 e. The summed E-state index contributed by atoms with van der Waals surface area (Å²) in [6.45, 7) is 3.13. The van der Waals surface area contributed by atoms with Gasteiger partial charge in [0.15, 0.2) is 0 Å². The normalized spacial score (nSPS) is 14.7. The van der Waals surface area contributed by atoms with Crippen LogP contribution in [0.15, 0.2) is 41.3 Å². The molecular weight excluding hydrogens is 499 g/mol. The molecule has 11 heteroatoms. The molecule has 0 bridgehead atoms. The Morgan fingerprint density at radius 1 is 1.22 bits per heavy atom. The number of imidazole rings is 1.